The Labute approximate surface area is 129 Å². The summed E-state index contributed by atoms with van der Waals surface area (Å²) in [7, 11) is 0. The summed E-state index contributed by atoms with van der Waals surface area (Å²) in [6.07, 6.45) is 1.88. The highest BCUT2D eigenvalue weighted by molar-refractivity contribution is 7.11. The molecule has 0 radical (unpaired) electrons. The molecule has 7 heteroatoms. The molecule has 1 saturated heterocycles. The maximum atomic E-state index is 11.4. The quantitative estimate of drug-likeness (QED) is 0.670. The smallest absolute Gasteiger partial charge is 0.219 e. The molecule has 1 fully saturated rings. The second-order valence-electron chi connectivity index (χ2n) is 5.03. The van der Waals surface area contributed by atoms with E-state index in [0.717, 1.165) is 43.7 Å². The van der Waals surface area contributed by atoms with Gasteiger partial charge in [-0.05, 0) is 13.8 Å². The lowest BCUT2D eigenvalue weighted by molar-refractivity contribution is -0.130. The van der Waals surface area contributed by atoms with Crippen LogP contribution in [0.3, 0.4) is 0 Å². The van der Waals surface area contributed by atoms with E-state index < -0.39 is 0 Å². The van der Waals surface area contributed by atoms with E-state index in [0.29, 0.717) is 6.54 Å². The molecule has 2 rings (SSSR count). The van der Waals surface area contributed by atoms with Crippen LogP contribution < -0.4 is 5.32 Å². The molecule has 1 aliphatic heterocycles. The monoisotopic (exact) mass is 309 g/mol. The zero-order valence-electron chi connectivity index (χ0n) is 12.9. The molecular formula is C14H23N5OS. The highest BCUT2D eigenvalue weighted by Crippen LogP contribution is 2.12. The Hall–Kier alpha value is -1.63. The van der Waals surface area contributed by atoms with Gasteiger partial charge in [0.05, 0.1) is 6.54 Å². The Morgan fingerprint density at radius 2 is 2.05 bits per heavy atom. The molecule has 1 amide bonds. The second-order valence-corrected chi connectivity index (χ2v) is 6.35. The van der Waals surface area contributed by atoms with Crippen LogP contribution in [0.1, 0.15) is 23.7 Å². The van der Waals surface area contributed by atoms with Crippen molar-refractivity contribution in [3.63, 3.8) is 0 Å². The minimum absolute atomic E-state index is 0.148. The molecule has 1 aromatic heterocycles. The standard InChI is InChI=1S/C14H23N5OS/c1-4-15-14(17-10-13-16-9-11(2)21-13)19-7-5-18(6-8-19)12(3)20/h9H,4-8,10H2,1-3H3,(H,15,17). The SMILES string of the molecule is CCNC(=NCc1ncc(C)s1)N1CCN(C(C)=O)CC1. The van der Waals surface area contributed by atoms with Crippen molar-refractivity contribution in [3.05, 3.63) is 16.1 Å². The third-order valence-electron chi connectivity index (χ3n) is 3.39. The summed E-state index contributed by atoms with van der Waals surface area (Å²) in [4.78, 5) is 25.7. The number of piperazine rings is 1. The molecule has 1 N–H and O–H groups in total. The van der Waals surface area contributed by atoms with Crippen molar-refractivity contribution in [2.24, 2.45) is 4.99 Å². The Morgan fingerprint density at radius 3 is 2.57 bits per heavy atom. The van der Waals surface area contributed by atoms with E-state index >= 15 is 0 Å². The number of carbonyl (C=O) groups is 1. The van der Waals surface area contributed by atoms with Crippen molar-refractivity contribution < 1.29 is 4.79 Å². The largest absolute Gasteiger partial charge is 0.357 e. The molecule has 0 bridgehead atoms. The number of nitrogens with zero attached hydrogens (tertiary/aromatic N) is 4. The molecule has 6 nitrogen and oxygen atoms in total. The lowest BCUT2D eigenvalue weighted by Gasteiger charge is -2.36. The molecule has 116 valence electrons. The number of carbonyl (C=O) groups excluding carboxylic acids is 1. The number of hydrogen-bond donors (Lipinski definition) is 1. The van der Waals surface area contributed by atoms with Crippen LogP contribution in [0, 0.1) is 6.92 Å². The summed E-state index contributed by atoms with van der Waals surface area (Å²) in [5, 5.41) is 4.36. The predicted octanol–water partition coefficient (Wildman–Crippen LogP) is 1.08. The molecule has 0 saturated carbocycles. The lowest BCUT2D eigenvalue weighted by Crippen LogP contribution is -2.53. The Bertz CT molecular complexity index is 505. The van der Waals surface area contributed by atoms with Crippen LogP contribution in [0.4, 0.5) is 0 Å². The third-order valence-corrected chi connectivity index (χ3v) is 4.29. The number of thiazole rings is 1. The van der Waals surface area contributed by atoms with E-state index in [1.54, 1.807) is 18.3 Å². The molecule has 0 unspecified atom stereocenters. The molecule has 1 aromatic rings. The van der Waals surface area contributed by atoms with Gasteiger partial charge in [0.15, 0.2) is 5.96 Å². The van der Waals surface area contributed by atoms with Gasteiger partial charge in [-0.2, -0.15) is 0 Å². The highest BCUT2D eigenvalue weighted by atomic mass is 32.1. The van der Waals surface area contributed by atoms with E-state index in [-0.39, 0.29) is 5.91 Å². The van der Waals surface area contributed by atoms with E-state index in [9.17, 15) is 4.79 Å². The van der Waals surface area contributed by atoms with E-state index in [4.69, 9.17) is 0 Å². The Kier molecular flexibility index (Phi) is 5.55. The number of aryl methyl sites for hydroxylation is 1. The topological polar surface area (TPSA) is 60.8 Å². The first-order valence-electron chi connectivity index (χ1n) is 7.30. The van der Waals surface area contributed by atoms with Gasteiger partial charge in [-0.1, -0.05) is 0 Å². The summed E-state index contributed by atoms with van der Waals surface area (Å²) in [5.41, 5.74) is 0. The summed E-state index contributed by atoms with van der Waals surface area (Å²) in [6, 6.07) is 0. The number of aliphatic imine (C=N–C) groups is 1. The molecule has 1 aliphatic rings. The van der Waals surface area contributed by atoms with Crippen molar-refractivity contribution in [1.82, 2.24) is 20.1 Å². The van der Waals surface area contributed by atoms with E-state index in [1.165, 1.54) is 4.88 Å². The van der Waals surface area contributed by atoms with Crippen molar-refractivity contribution in [2.45, 2.75) is 27.3 Å². The fraction of sp³-hybridized carbons (Fsp3) is 0.643. The highest BCUT2D eigenvalue weighted by Gasteiger charge is 2.20. The van der Waals surface area contributed by atoms with Crippen LogP contribution in [0.25, 0.3) is 0 Å². The van der Waals surface area contributed by atoms with Crippen LogP contribution >= 0.6 is 11.3 Å². The predicted molar refractivity (Wildman–Crippen MR) is 85.5 cm³/mol. The number of nitrogens with one attached hydrogen (secondary N) is 1. The molecular weight excluding hydrogens is 286 g/mol. The van der Waals surface area contributed by atoms with Crippen LogP contribution in [0.5, 0.6) is 0 Å². The first-order chi connectivity index (χ1) is 10.1. The van der Waals surface area contributed by atoms with Crippen LogP contribution in [0.2, 0.25) is 0 Å². The van der Waals surface area contributed by atoms with Gasteiger partial charge in [0.25, 0.3) is 0 Å². The van der Waals surface area contributed by atoms with Gasteiger partial charge in [-0.15, -0.1) is 11.3 Å². The summed E-state index contributed by atoms with van der Waals surface area (Å²) in [5.74, 6) is 1.06. The number of rotatable bonds is 3. The average Bonchev–Trinajstić information content (AvgIpc) is 2.89. The lowest BCUT2D eigenvalue weighted by atomic mass is 10.3. The fourth-order valence-electron chi connectivity index (χ4n) is 2.28. The molecule has 21 heavy (non-hydrogen) atoms. The van der Waals surface area contributed by atoms with Crippen molar-refractivity contribution in [2.75, 3.05) is 32.7 Å². The third kappa shape index (κ3) is 4.42. The van der Waals surface area contributed by atoms with Crippen molar-refractivity contribution >= 4 is 23.2 Å². The Morgan fingerprint density at radius 1 is 1.38 bits per heavy atom. The van der Waals surface area contributed by atoms with Crippen LogP contribution in [-0.4, -0.2) is 59.4 Å². The normalized spacial score (nSPS) is 16.2. The van der Waals surface area contributed by atoms with Crippen LogP contribution in [0.15, 0.2) is 11.2 Å². The van der Waals surface area contributed by atoms with E-state index in [2.05, 4.69) is 34.0 Å². The second kappa shape index (κ2) is 7.40. The van der Waals surface area contributed by atoms with Gasteiger partial charge in [0, 0.05) is 50.7 Å². The maximum absolute atomic E-state index is 11.4. The molecule has 0 spiro atoms. The molecule has 2 heterocycles. The van der Waals surface area contributed by atoms with Gasteiger partial charge in [-0.25, -0.2) is 9.98 Å². The zero-order valence-corrected chi connectivity index (χ0v) is 13.7. The summed E-state index contributed by atoms with van der Waals surface area (Å²) in [6.45, 7) is 10.3. The van der Waals surface area contributed by atoms with E-state index in [1.807, 2.05) is 11.1 Å². The minimum Gasteiger partial charge on any atom is -0.357 e. The minimum atomic E-state index is 0.148. The maximum Gasteiger partial charge on any atom is 0.219 e. The zero-order chi connectivity index (χ0) is 15.2. The molecule has 0 aliphatic carbocycles. The fourth-order valence-corrected chi connectivity index (χ4v) is 2.99. The first-order valence-corrected chi connectivity index (χ1v) is 8.12. The number of guanidine groups is 1. The summed E-state index contributed by atoms with van der Waals surface area (Å²) >= 11 is 1.68. The van der Waals surface area contributed by atoms with Gasteiger partial charge in [0.1, 0.15) is 5.01 Å². The molecule has 0 atom stereocenters. The van der Waals surface area contributed by atoms with Gasteiger partial charge >= 0.3 is 0 Å². The Balaban J connectivity index is 1.97. The summed E-state index contributed by atoms with van der Waals surface area (Å²) < 4.78 is 0. The number of amides is 1. The van der Waals surface area contributed by atoms with Gasteiger partial charge < -0.3 is 15.1 Å². The van der Waals surface area contributed by atoms with Crippen molar-refractivity contribution in [1.29, 1.82) is 0 Å². The average molecular weight is 309 g/mol. The van der Waals surface area contributed by atoms with Crippen molar-refractivity contribution in [3.8, 4) is 0 Å². The number of aromatic nitrogens is 1. The molecule has 0 aromatic carbocycles. The number of hydrogen-bond acceptors (Lipinski definition) is 4. The van der Waals surface area contributed by atoms with Gasteiger partial charge in [-0.3, -0.25) is 4.79 Å². The van der Waals surface area contributed by atoms with Crippen LogP contribution in [-0.2, 0) is 11.3 Å². The van der Waals surface area contributed by atoms with Gasteiger partial charge in [0.2, 0.25) is 5.91 Å². The first kappa shape index (κ1) is 15.8.